The van der Waals surface area contributed by atoms with E-state index in [9.17, 15) is 14.4 Å². The van der Waals surface area contributed by atoms with Gasteiger partial charge in [-0.05, 0) is 37.1 Å². The third kappa shape index (κ3) is 6.99. The van der Waals surface area contributed by atoms with Crippen molar-refractivity contribution in [1.29, 1.82) is 0 Å². The molecule has 0 saturated heterocycles. The number of thioether (sulfide) groups is 1. The fourth-order valence-electron chi connectivity index (χ4n) is 2.33. The van der Waals surface area contributed by atoms with E-state index in [0.29, 0.717) is 22.3 Å². The molecule has 0 fully saturated rings. The number of esters is 1. The van der Waals surface area contributed by atoms with Gasteiger partial charge < -0.3 is 14.8 Å². The summed E-state index contributed by atoms with van der Waals surface area (Å²) in [6.07, 6.45) is 0. The summed E-state index contributed by atoms with van der Waals surface area (Å²) >= 11 is 2.33. The van der Waals surface area contributed by atoms with Crippen molar-refractivity contribution in [1.82, 2.24) is 15.5 Å². The molecule has 1 aromatic heterocycles. The van der Waals surface area contributed by atoms with Crippen molar-refractivity contribution < 1.29 is 23.9 Å². The summed E-state index contributed by atoms with van der Waals surface area (Å²) in [6.45, 7) is 5.72. The summed E-state index contributed by atoms with van der Waals surface area (Å²) in [6, 6.07) is 5.84. The first kappa shape index (κ1) is 23.6. The predicted octanol–water partition coefficient (Wildman–Crippen LogP) is 2.59. The van der Waals surface area contributed by atoms with Crippen molar-refractivity contribution in [2.24, 2.45) is 5.92 Å². The molecule has 2 aromatic rings. The van der Waals surface area contributed by atoms with Gasteiger partial charge >= 0.3 is 5.97 Å². The molecule has 30 heavy (non-hydrogen) atoms. The minimum Gasteiger partial charge on any atom is -0.497 e. The van der Waals surface area contributed by atoms with Crippen LogP contribution >= 0.6 is 23.1 Å². The standard InChI is InChI=1S/C19H24N4O5S2/c1-5-28-14(24)10-29-19-23-22-18(30-19)21-17(26)15(11(2)3)20-16(25)12-6-8-13(27-4)9-7-12/h6-9,11,15H,5,10H2,1-4H3,(H,20,25)(H,21,22,26). The number of rotatable bonds is 10. The Morgan fingerprint density at radius 2 is 1.87 bits per heavy atom. The van der Waals surface area contributed by atoms with Crippen LogP contribution in [0, 0.1) is 5.92 Å². The Hall–Kier alpha value is -2.66. The molecule has 9 nitrogen and oxygen atoms in total. The van der Waals surface area contributed by atoms with E-state index in [0.717, 1.165) is 11.3 Å². The van der Waals surface area contributed by atoms with Crippen LogP contribution in [-0.4, -0.2) is 53.5 Å². The van der Waals surface area contributed by atoms with Gasteiger partial charge in [-0.2, -0.15) is 0 Å². The van der Waals surface area contributed by atoms with E-state index in [1.165, 1.54) is 11.8 Å². The maximum Gasteiger partial charge on any atom is 0.316 e. The summed E-state index contributed by atoms with van der Waals surface area (Å²) in [5.41, 5.74) is 0.419. The molecule has 0 aliphatic carbocycles. The number of nitrogens with one attached hydrogen (secondary N) is 2. The Labute approximate surface area is 182 Å². The van der Waals surface area contributed by atoms with E-state index in [2.05, 4.69) is 20.8 Å². The number of nitrogens with zero attached hydrogens (tertiary/aromatic N) is 2. The fourth-order valence-corrected chi connectivity index (χ4v) is 3.88. The second-order valence-electron chi connectivity index (χ2n) is 6.38. The van der Waals surface area contributed by atoms with E-state index in [-0.39, 0.29) is 28.7 Å². The van der Waals surface area contributed by atoms with Crippen molar-refractivity contribution in [3.63, 3.8) is 0 Å². The maximum absolute atomic E-state index is 12.7. The first-order valence-corrected chi connectivity index (χ1v) is 11.0. The Morgan fingerprint density at radius 3 is 2.47 bits per heavy atom. The summed E-state index contributed by atoms with van der Waals surface area (Å²) in [7, 11) is 1.54. The first-order valence-electron chi connectivity index (χ1n) is 9.21. The molecular weight excluding hydrogens is 428 g/mol. The third-order valence-corrected chi connectivity index (χ3v) is 5.79. The van der Waals surface area contributed by atoms with E-state index in [1.807, 2.05) is 13.8 Å². The monoisotopic (exact) mass is 452 g/mol. The predicted molar refractivity (Wildman–Crippen MR) is 115 cm³/mol. The summed E-state index contributed by atoms with van der Waals surface area (Å²) < 4.78 is 10.5. The van der Waals surface area contributed by atoms with Gasteiger partial charge in [0.15, 0.2) is 4.34 Å². The number of methoxy groups -OCH3 is 1. The van der Waals surface area contributed by atoms with E-state index >= 15 is 0 Å². The average molecular weight is 453 g/mol. The molecule has 1 unspecified atom stereocenters. The highest BCUT2D eigenvalue weighted by Gasteiger charge is 2.26. The zero-order chi connectivity index (χ0) is 22.1. The highest BCUT2D eigenvalue weighted by atomic mass is 32.2. The van der Waals surface area contributed by atoms with Crippen LogP contribution in [0.2, 0.25) is 0 Å². The van der Waals surface area contributed by atoms with Crippen LogP contribution in [-0.2, 0) is 14.3 Å². The minimum atomic E-state index is -0.765. The maximum atomic E-state index is 12.7. The minimum absolute atomic E-state index is 0.114. The van der Waals surface area contributed by atoms with Gasteiger partial charge in [0.2, 0.25) is 11.0 Å². The lowest BCUT2D eigenvalue weighted by Gasteiger charge is -2.21. The van der Waals surface area contributed by atoms with Crippen LogP contribution in [0.4, 0.5) is 5.13 Å². The van der Waals surface area contributed by atoms with E-state index in [1.54, 1.807) is 38.3 Å². The Balaban J connectivity index is 1.96. The summed E-state index contributed by atoms with van der Waals surface area (Å²) in [5.74, 6) is -0.512. The number of amides is 2. The molecule has 162 valence electrons. The van der Waals surface area contributed by atoms with E-state index in [4.69, 9.17) is 9.47 Å². The van der Waals surface area contributed by atoms with Crippen molar-refractivity contribution in [2.75, 3.05) is 24.8 Å². The van der Waals surface area contributed by atoms with Crippen LogP contribution in [0.3, 0.4) is 0 Å². The van der Waals surface area contributed by atoms with Gasteiger partial charge in [0, 0.05) is 5.56 Å². The smallest absolute Gasteiger partial charge is 0.316 e. The van der Waals surface area contributed by atoms with Crippen LogP contribution < -0.4 is 15.4 Å². The van der Waals surface area contributed by atoms with Crippen LogP contribution in [0.25, 0.3) is 0 Å². The topological polar surface area (TPSA) is 120 Å². The highest BCUT2D eigenvalue weighted by Crippen LogP contribution is 2.25. The van der Waals surface area contributed by atoms with E-state index < -0.39 is 11.9 Å². The zero-order valence-corrected chi connectivity index (χ0v) is 18.8. The average Bonchev–Trinajstić information content (AvgIpc) is 3.17. The third-order valence-electron chi connectivity index (χ3n) is 3.84. The summed E-state index contributed by atoms with van der Waals surface area (Å²) in [5, 5.41) is 13.6. The molecule has 0 bridgehead atoms. The number of anilines is 1. The van der Waals surface area contributed by atoms with Crippen molar-refractivity contribution in [3.05, 3.63) is 29.8 Å². The number of carbonyl (C=O) groups excluding carboxylic acids is 3. The normalized spacial score (nSPS) is 11.6. The van der Waals surface area contributed by atoms with Gasteiger partial charge in [0.05, 0.1) is 19.5 Å². The molecule has 0 aliphatic heterocycles. The number of ether oxygens (including phenoxy) is 2. The molecule has 0 radical (unpaired) electrons. The molecule has 0 spiro atoms. The summed E-state index contributed by atoms with van der Waals surface area (Å²) in [4.78, 5) is 36.6. The second kappa shape index (κ2) is 11.5. The van der Waals surface area contributed by atoms with Crippen LogP contribution in [0.15, 0.2) is 28.6 Å². The second-order valence-corrected chi connectivity index (χ2v) is 8.58. The Morgan fingerprint density at radius 1 is 1.17 bits per heavy atom. The lowest BCUT2D eigenvalue weighted by Crippen LogP contribution is -2.47. The van der Waals surface area contributed by atoms with Gasteiger partial charge in [0.25, 0.3) is 5.91 Å². The number of carbonyl (C=O) groups is 3. The molecule has 0 aliphatic rings. The molecule has 1 atom stereocenters. The fraction of sp³-hybridized carbons (Fsp3) is 0.421. The molecule has 1 aromatic carbocycles. The molecule has 2 N–H and O–H groups in total. The van der Waals surface area contributed by atoms with Crippen molar-refractivity contribution >= 4 is 46.0 Å². The van der Waals surface area contributed by atoms with Crippen LogP contribution in [0.1, 0.15) is 31.1 Å². The van der Waals surface area contributed by atoms with Gasteiger partial charge in [-0.15, -0.1) is 10.2 Å². The largest absolute Gasteiger partial charge is 0.497 e. The first-order chi connectivity index (χ1) is 14.3. The Bertz CT molecular complexity index is 870. The molecule has 1 heterocycles. The van der Waals surface area contributed by atoms with Gasteiger partial charge in [-0.25, -0.2) is 0 Å². The lowest BCUT2D eigenvalue weighted by atomic mass is 10.0. The van der Waals surface area contributed by atoms with Gasteiger partial charge in [0.1, 0.15) is 11.8 Å². The molecule has 2 amide bonds. The molecular formula is C19H24N4O5S2. The number of benzene rings is 1. The van der Waals surface area contributed by atoms with Gasteiger partial charge in [-0.1, -0.05) is 36.9 Å². The molecule has 0 saturated carbocycles. The Kier molecular flexibility index (Phi) is 9.06. The molecule has 2 rings (SSSR count). The molecule has 11 heteroatoms. The van der Waals surface area contributed by atoms with Crippen LogP contribution in [0.5, 0.6) is 5.75 Å². The SMILES string of the molecule is CCOC(=O)CSc1nnc(NC(=O)C(NC(=O)c2ccc(OC)cc2)C(C)C)s1. The zero-order valence-electron chi connectivity index (χ0n) is 17.1. The number of aromatic nitrogens is 2. The quantitative estimate of drug-likeness (QED) is 0.321. The number of hydrogen-bond donors (Lipinski definition) is 2. The highest BCUT2D eigenvalue weighted by molar-refractivity contribution is 8.01. The van der Waals surface area contributed by atoms with Gasteiger partial charge in [-0.3, -0.25) is 19.7 Å². The van der Waals surface area contributed by atoms with Crippen molar-refractivity contribution in [3.8, 4) is 5.75 Å². The lowest BCUT2D eigenvalue weighted by molar-refractivity contribution is -0.139. The number of hydrogen-bond acceptors (Lipinski definition) is 9. The van der Waals surface area contributed by atoms with Crippen molar-refractivity contribution in [2.45, 2.75) is 31.2 Å².